The molecule has 8 heteroatoms. The van der Waals surface area contributed by atoms with E-state index in [9.17, 15) is 18.0 Å². The standard InChI is InChI=1S/C12H12ClNO5S/c13-20(18,19)10-6-8(12(16)17)3-4-9(10)7-14-5-1-2-11(14)15/h3-4,6H,1-2,5,7H2,(H,16,17). The van der Waals surface area contributed by atoms with Crippen molar-refractivity contribution >= 4 is 31.6 Å². The Balaban J connectivity index is 2.42. The Morgan fingerprint density at radius 2 is 2.10 bits per heavy atom. The van der Waals surface area contributed by atoms with E-state index in [0.29, 0.717) is 18.5 Å². The molecule has 1 saturated heterocycles. The third-order valence-corrected chi connectivity index (χ3v) is 4.51. The van der Waals surface area contributed by atoms with E-state index in [-0.39, 0.29) is 22.9 Å². The van der Waals surface area contributed by atoms with E-state index in [0.717, 1.165) is 12.5 Å². The van der Waals surface area contributed by atoms with Gasteiger partial charge < -0.3 is 10.0 Å². The molecule has 0 aliphatic carbocycles. The van der Waals surface area contributed by atoms with Crippen molar-refractivity contribution in [2.24, 2.45) is 0 Å². The van der Waals surface area contributed by atoms with Gasteiger partial charge in [-0.1, -0.05) is 6.07 Å². The number of halogens is 1. The van der Waals surface area contributed by atoms with Crippen LogP contribution in [0.1, 0.15) is 28.8 Å². The molecule has 0 atom stereocenters. The predicted molar refractivity (Wildman–Crippen MR) is 71.1 cm³/mol. The lowest BCUT2D eigenvalue weighted by molar-refractivity contribution is -0.128. The van der Waals surface area contributed by atoms with E-state index in [2.05, 4.69) is 0 Å². The summed E-state index contributed by atoms with van der Waals surface area (Å²) in [6, 6.07) is 3.69. The van der Waals surface area contributed by atoms with Crippen molar-refractivity contribution in [1.82, 2.24) is 4.90 Å². The fourth-order valence-corrected chi connectivity index (χ4v) is 3.27. The molecule has 0 bridgehead atoms. The zero-order chi connectivity index (χ0) is 14.9. The van der Waals surface area contributed by atoms with Gasteiger partial charge in [0.05, 0.1) is 10.5 Å². The van der Waals surface area contributed by atoms with Crippen LogP contribution < -0.4 is 0 Å². The van der Waals surface area contributed by atoms with Crippen molar-refractivity contribution in [3.8, 4) is 0 Å². The monoisotopic (exact) mass is 317 g/mol. The molecule has 1 amide bonds. The lowest BCUT2D eigenvalue weighted by atomic mass is 10.1. The normalized spacial score (nSPS) is 15.7. The fourth-order valence-electron chi connectivity index (χ4n) is 2.12. The van der Waals surface area contributed by atoms with Crippen LogP contribution in [-0.2, 0) is 20.4 Å². The van der Waals surface area contributed by atoms with Crippen LogP contribution in [0.4, 0.5) is 0 Å². The Kier molecular flexibility index (Phi) is 4.01. The molecule has 0 radical (unpaired) electrons. The molecule has 1 fully saturated rings. The van der Waals surface area contributed by atoms with Gasteiger partial charge in [-0.05, 0) is 24.1 Å². The van der Waals surface area contributed by atoms with E-state index in [1.807, 2.05) is 0 Å². The summed E-state index contributed by atoms with van der Waals surface area (Å²) in [5, 5.41) is 8.89. The predicted octanol–water partition coefficient (Wildman–Crippen LogP) is 1.43. The molecule has 2 rings (SSSR count). The lowest BCUT2D eigenvalue weighted by Crippen LogP contribution is -2.24. The fraction of sp³-hybridized carbons (Fsp3) is 0.333. The molecule has 1 aliphatic heterocycles. The second-order valence-electron chi connectivity index (χ2n) is 4.48. The molecule has 1 N–H and O–H groups in total. The zero-order valence-corrected chi connectivity index (χ0v) is 11.9. The summed E-state index contributed by atoms with van der Waals surface area (Å²) in [5.74, 6) is -1.29. The minimum Gasteiger partial charge on any atom is -0.478 e. The van der Waals surface area contributed by atoms with E-state index in [1.54, 1.807) is 0 Å². The van der Waals surface area contributed by atoms with Crippen LogP contribution >= 0.6 is 10.7 Å². The maximum atomic E-state index is 11.6. The van der Waals surface area contributed by atoms with Gasteiger partial charge in [0, 0.05) is 30.2 Å². The first-order chi connectivity index (χ1) is 9.29. The molecule has 6 nitrogen and oxygen atoms in total. The summed E-state index contributed by atoms with van der Waals surface area (Å²) in [5.41, 5.74) is 0.154. The van der Waals surface area contributed by atoms with Gasteiger partial charge in [-0.2, -0.15) is 0 Å². The first-order valence-electron chi connectivity index (χ1n) is 5.87. The lowest BCUT2D eigenvalue weighted by Gasteiger charge is -2.17. The molecule has 1 heterocycles. The van der Waals surface area contributed by atoms with Crippen LogP contribution in [0.5, 0.6) is 0 Å². The van der Waals surface area contributed by atoms with Crippen molar-refractivity contribution in [2.75, 3.05) is 6.54 Å². The summed E-state index contributed by atoms with van der Waals surface area (Å²) in [4.78, 5) is 23.7. The molecule has 20 heavy (non-hydrogen) atoms. The Morgan fingerprint density at radius 3 is 2.60 bits per heavy atom. The van der Waals surface area contributed by atoms with Crippen molar-refractivity contribution < 1.29 is 23.1 Å². The SMILES string of the molecule is O=C(O)c1ccc(CN2CCCC2=O)c(S(=O)(=O)Cl)c1. The van der Waals surface area contributed by atoms with Crippen LogP contribution in [0.2, 0.25) is 0 Å². The van der Waals surface area contributed by atoms with Crippen LogP contribution in [0.15, 0.2) is 23.1 Å². The van der Waals surface area contributed by atoms with E-state index in [1.165, 1.54) is 17.0 Å². The third-order valence-electron chi connectivity index (χ3n) is 3.11. The molecule has 1 aliphatic rings. The molecule has 0 unspecified atom stereocenters. The number of aromatic carboxylic acids is 1. The Morgan fingerprint density at radius 1 is 1.40 bits per heavy atom. The summed E-state index contributed by atoms with van der Waals surface area (Å²) >= 11 is 0. The highest BCUT2D eigenvalue weighted by Gasteiger charge is 2.24. The number of carboxylic acid groups (broad SMARTS) is 1. The molecule has 1 aromatic rings. The van der Waals surface area contributed by atoms with Gasteiger partial charge in [0.2, 0.25) is 5.91 Å². The number of carbonyl (C=O) groups is 2. The number of likely N-dealkylation sites (tertiary alicyclic amines) is 1. The third kappa shape index (κ3) is 3.10. The number of hydrogen-bond acceptors (Lipinski definition) is 4. The summed E-state index contributed by atoms with van der Waals surface area (Å²) in [6.45, 7) is 0.668. The highest BCUT2D eigenvalue weighted by molar-refractivity contribution is 8.13. The number of amides is 1. The van der Waals surface area contributed by atoms with Gasteiger partial charge in [0.15, 0.2) is 0 Å². The maximum absolute atomic E-state index is 11.6. The van der Waals surface area contributed by atoms with Gasteiger partial charge in [-0.25, -0.2) is 13.2 Å². The maximum Gasteiger partial charge on any atom is 0.335 e. The topological polar surface area (TPSA) is 91.8 Å². The minimum atomic E-state index is -4.08. The van der Waals surface area contributed by atoms with Gasteiger partial charge in [-0.3, -0.25) is 4.79 Å². The number of nitrogens with zero attached hydrogens (tertiary/aromatic N) is 1. The van der Waals surface area contributed by atoms with E-state index >= 15 is 0 Å². The van der Waals surface area contributed by atoms with Crippen LogP contribution in [0.3, 0.4) is 0 Å². The molecule has 0 spiro atoms. The van der Waals surface area contributed by atoms with Gasteiger partial charge in [0.25, 0.3) is 9.05 Å². The average molecular weight is 318 g/mol. The Bertz CT molecular complexity index is 670. The molecule has 0 aromatic heterocycles. The van der Waals surface area contributed by atoms with Gasteiger partial charge in [0.1, 0.15) is 0 Å². The smallest absolute Gasteiger partial charge is 0.335 e. The molecule has 108 valence electrons. The highest BCUT2D eigenvalue weighted by atomic mass is 35.7. The van der Waals surface area contributed by atoms with Crippen molar-refractivity contribution in [1.29, 1.82) is 0 Å². The highest BCUT2D eigenvalue weighted by Crippen LogP contribution is 2.24. The minimum absolute atomic E-state index is 0.0507. The second kappa shape index (κ2) is 5.41. The van der Waals surface area contributed by atoms with Crippen LogP contribution in [0.25, 0.3) is 0 Å². The first-order valence-corrected chi connectivity index (χ1v) is 8.18. The molecule has 1 aromatic carbocycles. The van der Waals surface area contributed by atoms with Gasteiger partial charge >= 0.3 is 5.97 Å². The van der Waals surface area contributed by atoms with Crippen LogP contribution in [0, 0.1) is 0 Å². The number of benzene rings is 1. The molecular weight excluding hydrogens is 306 g/mol. The van der Waals surface area contributed by atoms with Gasteiger partial charge in [-0.15, -0.1) is 0 Å². The Hall–Kier alpha value is -1.60. The van der Waals surface area contributed by atoms with E-state index in [4.69, 9.17) is 15.8 Å². The summed E-state index contributed by atoms with van der Waals surface area (Å²) in [6.07, 6.45) is 1.17. The largest absolute Gasteiger partial charge is 0.478 e. The van der Waals surface area contributed by atoms with Crippen molar-refractivity contribution in [2.45, 2.75) is 24.3 Å². The van der Waals surface area contributed by atoms with Crippen molar-refractivity contribution in [3.05, 3.63) is 29.3 Å². The second-order valence-corrected chi connectivity index (χ2v) is 7.02. The Labute approximate surface area is 120 Å². The van der Waals surface area contributed by atoms with E-state index < -0.39 is 15.0 Å². The first kappa shape index (κ1) is 14.8. The number of carbonyl (C=O) groups excluding carboxylic acids is 1. The zero-order valence-electron chi connectivity index (χ0n) is 10.4. The molecular formula is C12H12ClNO5S. The number of rotatable bonds is 4. The number of carboxylic acids is 1. The van der Waals surface area contributed by atoms with Crippen LogP contribution in [-0.4, -0.2) is 36.8 Å². The van der Waals surface area contributed by atoms with Crippen molar-refractivity contribution in [3.63, 3.8) is 0 Å². The molecule has 0 saturated carbocycles. The number of hydrogen-bond donors (Lipinski definition) is 1. The quantitative estimate of drug-likeness (QED) is 0.848. The summed E-state index contributed by atoms with van der Waals surface area (Å²) < 4.78 is 23.1. The average Bonchev–Trinajstić information content (AvgIpc) is 2.74. The summed E-state index contributed by atoms with van der Waals surface area (Å²) in [7, 11) is 1.26.